The molecule has 0 spiro atoms. The van der Waals surface area contributed by atoms with Crippen LogP contribution in [0, 0.1) is 11.3 Å². The van der Waals surface area contributed by atoms with Crippen LogP contribution in [0.1, 0.15) is 12.0 Å². The Morgan fingerprint density at radius 2 is 2.11 bits per heavy atom. The number of amides is 1. The molecule has 100 valence electrons. The SMILES string of the molecule is N#CCc1ccccc1N1CC(S(=O)(=O)F)CC1=O. The number of hydrogen-bond donors (Lipinski definition) is 0. The maximum absolute atomic E-state index is 12.9. The van der Waals surface area contributed by atoms with Gasteiger partial charge in [-0.1, -0.05) is 18.2 Å². The molecule has 0 N–H and O–H groups in total. The molecule has 0 saturated carbocycles. The smallest absolute Gasteiger partial charge is 0.307 e. The Kier molecular flexibility index (Phi) is 3.53. The fraction of sp³-hybridized carbons (Fsp3) is 0.333. The van der Waals surface area contributed by atoms with Gasteiger partial charge in [-0.25, -0.2) is 0 Å². The monoisotopic (exact) mass is 282 g/mol. The molecule has 19 heavy (non-hydrogen) atoms. The van der Waals surface area contributed by atoms with E-state index in [4.69, 9.17) is 5.26 Å². The van der Waals surface area contributed by atoms with Gasteiger partial charge >= 0.3 is 10.2 Å². The van der Waals surface area contributed by atoms with Crippen LogP contribution in [0.2, 0.25) is 0 Å². The highest BCUT2D eigenvalue weighted by Gasteiger charge is 2.39. The normalized spacial score (nSPS) is 19.5. The second-order valence-electron chi connectivity index (χ2n) is 4.27. The number of hydrogen-bond acceptors (Lipinski definition) is 4. The second kappa shape index (κ2) is 4.97. The largest absolute Gasteiger partial charge is 0.311 e. The number of benzene rings is 1. The van der Waals surface area contributed by atoms with Crippen LogP contribution in [-0.4, -0.2) is 26.1 Å². The Morgan fingerprint density at radius 1 is 1.42 bits per heavy atom. The Hall–Kier alpha value is -1.94. The number of rotatable bonds is 3. The van der Waals surface area contributed by atoms with E-state index >= 15 is 0 Å². The first-order valence-corrected chi connectivity index (χ1v) is 7.07. The van der Waals surface area contributed by atoms with Crippen molar-refractivity contribution in [2.45, 2.75) is 18.1 Å². The Morgan fingerprint density at radius 3 is 2.68 bits per heavy atom. The van der Waals surface area contributed by atoms with Crippen molar-refractivity contribution in [2.24, 2.45) is 0 Å². The molecule has 1 atom stereocenters. The minimum atomic E-state index is -4.73. The predicted octanol–water partition coefficient (Wildman–Crippen LogP) is 1.16. The van der Waals surface area contributed by atoms with Crippen LogP contribution in [0.15, 0.2) is 24.3 Å². The van der Waals surface area contributed by atoms with E-state index in [2.05, 4.69) is 0 Å². The summed E-state index contributed by atoms with van der Waals surface area (Å²) in [6.45, 7) is -0.208. The van der Waals surface area contributed by atoms with E-state index in [0.717, 1.165) is 0 Å². The van der Waals surface area contributed by atoms with Crippen molar-refractivity contribution in [3.05, 3.63) is 29.8 Å². The van der Waals surface area contributed by atoms with Crippen molar-refractivity contribution in [1.82, 2.24) is 0 Å². The molecule has 1 aromatic carbocycles. The van der Waals surface area contributed by atoms with Crippen molar-refractivity contribution in [2.75, 3.05) is 11.4 Å². The summed E-state index contributed by atoms with van der Waals surface area (Å²) in [7, 11) is -4.73. The van der Waals surface area contributed by atoms with Gasteiger partial charge in [0, 0.05) is 18.7 Å². The molecule has 0 bridgehead atoms. The van der Waals surface area contributed by atoms with Gasteiger partial charge in [-0.3, -0.25) is 4.79 Å². The van der Waals surface area contributed by atoms with Crippen LogP contribution in [0.4, 0.5) is 9.57 Å². The Labute approximate surface area is 110 Å². The van der Waals surface area contributed by atoms with E-state index in [1.165, 1.54) is 4.90 Å². The molecule has 7 heteroatoms. The highest BCUT2D eigenvalue weighted by atomic mass is 32.3. The van der Waals surface area contributed by atoms with Crippen LogP contribution >= 0.6 is 0 Å². The summed E-state index contributed by atoms with van der Waals surface area (Å²) in [5.41, 5.74) is 1.09. The number of carbonyl (C=O) groups excluding carboxylic acids is 1. The number of nitrogens with zero attached hydrogens (tertiary/aromatic N) is 2. The average molecular weight is 282 g/mol. The summed E-state index contributed by atoms with van der Waals surface area (Å²) in [6.07, 6.45) is -0.257. The summed E-state index contributed by atoms with van der Waals surface area (Å²) in [6, 6.07) is 8.68. The number of nitriles is 1. The van der Waals surface area contributed by atoms with Gasteiger partial charge < -0.3 is 4.90 Å². The molecule has 1 unspecified atom stereocenters. The van der Waals surface area contributed by atoms with Gasteiger partial charge in [0.05, 0.1) is 12.5 Å². The van der Waals surface area contributed by atoms with Crippen molar-refractivity contribution in [3.8, 4) is 6.07 Å². The molecule has 1 heterocycles. The summed E-state index contributed by atoms with van der Waals surface area (Å²) >= 11 is 0. The average Bonchev–Trinajstić information content (AvgIpc) is 2.72. The van der Waals surface area contributed by atoms with Gasteiger partial charge in [-0.15, -0.1) is 3.89 Å². The number of carbonyl (C=O) groups is 1. The van der Waals surface area contributed by atoms with Crippen molar-refractivity contribution >= 4 is 21.8 Å². The first-order valence-electron chi connectivity index (χ1n) is 5.62. The number of halogens is 1. The van der Waals surface area contributed by atoms with Crippen molar-refractivity contribution in [3.63, 3.8) is 0 Å². The van der Waals surface area contributed by atoms with Crippen LogP contribution in [0.25, 0.3) is 0 Å². The minimum Gasteiger partial charge on any atom is -0.311 e. The summed E-state index contributed by atoms with van der Waals surface area (Å²) in [5, 5.41) is 7.40. The quantitative estimate of drug-likeness (QED) is 0.779. The zero-order chi connectivity index (χ0) is 14.0. The zero-order valence-electron chi connectivity index (χ0n) is 9.91. The van der Waals surface area contributed by atoms with E-state index in [0.29, 0.717) is 11.3 Å². The van der Waals surface area contributed by atoms with E-state index < -0.39 is 21.4 Å². The number of para-hydroxylation sites is 1. The van der Waals surface area contributed by atoms with Crippen LogP contribution in [0.5, 0.6) is 0 Å². The molecule has 1 saturated heterocycles. The van der Waals surface area contributed by atoms with Crippen molar-refractivity contribution in [1.29, 1.82) is 5.26 Å². The molecule has 1 aliphatic rings. The van der Waals surface area contributed by atoms with Crippen molar-refractivity contribution < 1.29 is 17.1 Å². The van der Waals surface area contributed by atoms with E-state index in [1.807, 2.05) is 6.07 Å². The molecule has 0 aromatic heterocycles. The topological polar surface area (TPSA) is 78.2 Å². The lowest BCUT2D eigenvalue weighted by Crippen LogP contribution is -2.27. The van der Waals surface area contributed by atoms with Gasteiger partial charge in [-0.05, 0) is 11.6 Å². The van der Waals surface area contributed by atoms with E-state index in [1.54, 1.807) is 24.3 Å². The van der Waals surface area contributed by atoms with Crippen LogP contribution < -0.4 is 4.90 Å². The maximum atomic E-state index is 12.9. The van der Waals surface area contributed by atoms with E-state index in [9.17, 15) is 17.1 Å². The van der Waals surface area contributed by atoms with E-state index in [-0.39, 0.29) is 19.4 Å². The fourth-order valence-corrected chi connectivity index (χ4v) is 2.77. The third-order valence-electron chi connectivity index (χ3n) is 3.04. The fourth-order valence-electron chi connectivity index (χ4n) is 2.11. The highest BCUT2D eigenvalue weighted by molar-refractivity contribution is 7.87. The molecular weight excluding hydrogens is 271 g/mol. The predicted molar refractivity (Wildman–Crippen MR) is 66.5 cm³/mol. The highest BCUT2D eigenvalue weighted by Crippen LogP contribution is 2.28. The molecule has 0 aliphatic carbocycles. The molecule has 1 amide bonds. The molecular formula is C12H11FN2O3S. The van der Waals surface area contributed by atoms with Crippen LogP contribution in [0.3, 0.4) is 0 Å². The lowest BCUT2D eigenvalue weighted by molar-refractivity contribution is -0.117. The number of anilines is 1. The summed E-state index contributed by atoms with van der Waals surface area (Å²) in [5.74, 6) is -0.448. The first kappa shape index (κ1) is 13.5. The van der Waals surface area contributed by atoms with Crippen LogP contribution in [-0.2, 0) is 21.4 Å². The summed E-state index contributed by atoms with van der Waals surface area (Å²) < 4.78 is 34.7. The molecule has 1 aliphatic heterocycles. The van der Waals surface area contributed by atoms with Gasteiger partial charge in [0.2, 0.25) is 5.91 Å². The molecule has 5 nitrogen and oxygen atoms in total. The Balaban J connectivity index is 2.34. The van der Waals surface area contributed by atoms with Gasteiger partial charge in [0.15, 0.2) is 0 Å². The third kappa shape index (κ3) is 2.74. The minimum absolute atomic E-state index is 0.104. The van der Waals surface area contributed by atoms with Gasteiger partial charge in [-0.2, -0.15) is 13.7 Å². The summed E-state index contributed by atoms with van der Waals surface area (Å²) in [4.78, 5) is 13.0. The molecule has 0 radical (unpaired) electrons. The maximum Gasteiger partial charge on any atom is 0.307 e. The molecule has 1 fully saturated rings. The Bertz CT molecular complexity index is 651. The standard InChI is InChI=1S/C12H11FN2O3S/c13-19(17,18)10-7-12(16)15(8-10)11-4-2-1-3-9(11)5-6-14/h1-4,10H,5,7-8H2. The lowest BCUT2D eigenvalue weighted by atomic mass is 10.1. The molecule has 1 aromatic rings. The third-order valence-corrected chi connectivity index (χ3v) is 4.15. The first-order chi connectivity index (χ1) is 8.93. The van der Waals surface area contributed by atoms with Gasteiger partial charge in [0.1, 0.15) is 5.25 Å². The van der Waals surface area contributed by atoms with Gasteiger partial charge in [0.25, 0.3) is 0 Å². The second-order valence-corrected chi connectivity index (χ2v) is 5.89. The lowest BCUT2D eigenvalue weighted by Gasteiger charge is -2.18. The zero-order valence-corrected chi connectivity index (χ0v) is 10.7. The molecule has 2 rings (SSSR count).